The van der Waals surface area contributed by atoms with Crippen molar-refractivity contribution in [3.63, 3.8) is 0 Å². The van der Waals surface area contributed by atoms with Gasteiger partial charge in [0.2, 0.25) is 0 Å². The molecule has 3 atom stereocenters. The van der Waals surface area contributed by atoms with E-state index in [1.807, 2.05) is 13.8 Å². The molecule has 1 saturated carbocycles. The summed E-state index contributed by atoms with van der Waals surface area (Å²) in [5.74, 6) is 0.370. The molecule has 1 amide bonds. The molecule has 0 saturated heterocycles. The van der Waals surface area contributed by atoms with Crippen molar-refractivity contribution in [1.29, 1.82) is 0 Å². The number of aliphatic hydroxyl groups is 1. The summed E-state index contributed by atoms with van der Waals surface area (Å²) in [5, 5.41) is 17.1. The molecule has 1 aromatic heterocycles. The molecule has 0 radical (unpaired) electrons. The summed E-state index contributed by atoms with van der Waals surface area (Å²) in [6.45, 7) is 5.65. The van der Waals surface area contributed by atoms with Crippen molar-refractivity contribution in [3.05, 3.63) is 17.0 Å². The summed E-state index contributed by atoms with van der Waals surface area (Å²) < 4.78 is 10.4. The van der Waals surface area contributed by atoms with E-state index in [1.54, 1.807) is 14.0 Å². The summed E-state index contributed by atoms with van der Waals surface area (Å²) >= 11 is 0. The van der Waals surface area contributed by atoms with Gasteiger partial charge in [0.05, 0.1) is 17.8 Å². The molecular weight excluding hydrogens is 272 g/mol. The Hall–Kier alpha value is -1.40. The molecule has 0 unspecified atom stereocenters. The Balaban J connectivity index is 2.13. The largest absolute Gasteiger partial charge is 0.388 e. The number of carbonyl (C=O) groups is 1. The van der Waals surface area contributed by atoms with Crippen LogP contribution in [-0.4, -0.2) is 41.5 Å². The van der Waals surface area contributed by atoms with Gasteiger partial charge in [0, 0.05) is 7.11 Å². The monoisotopic (exact) mass is 296 g/mol. The lowest BCUT2D eigenvalue weighted by atomic mass is 9.89. The molecule has 6 heteroatoms. The van der Waals surface area contributed by atoms with Gasteiger partial charge in [-0.15, -0.1) is 0 Å². The zero-order valence-corrected chi connectivity index (χ0v) is 13.0. The first kappa shape index (κ1) is 16.0. The number of carbonyl (C=O) groups excluding carboxylic acids is 1. The second-order valence-corrected chi connectivity index (χ2v) is 5.93. The fourth-order valence-corrected chi connectivity index (χ4v) is 2.85. The van der Waals surface area contributed by atoms with Gasteiger partial charge in [-0.25, -0.2) is 0 Å². The van der Waals surface area contributed by atoms with Crippen LogP contribution in [0.15, 0.2) is 4.52 Å². The van der Waals surface area contributed by atoms with Gasteiger partial charge in [-0.3, -0.25) is 4.79 Å². The Kier molecular flexibility index (Phi) is 5.00. The number of methoxy groups -OCH3 is 1. The normalized spacial score (nSPS) is 26.1. The van der Waals surface area contributed by atoms with Gasteiger partial charge in [-0.2, -0.15) is 0 Å². The number of rotatable bonds is 4. The van der Waals surface area contributed by atoms with Gasteiger partial charge >= 0.3 is 0 Å². The van der Waals surface area contributed by atoms with Gasteiger partial charge in [0.25, 0.3) is 5.91 Å². The van der Waals surface area contributed by atoms with Gasteiger partial charge in [-0.05, 0) is 32.1 Å². The zero-order chi connectivity index (χ0) is 15.6. The van der Waals surface area contributed by atoms with Crippen molar-refractivity contribution in [1.82, 2.24) is 10.5 Å². The molecule has 1 aliphatic carbocycles. The van der Waals surface area contributed by atoms with Crippen molar-refractivity contribution in [2.24, 2.45) is 0 Å². The first-order valence-corrected chi connectivity index (χ1v) is 7.43. The SMILES string of the molecule is CO[C@@H]1CCC[C@@H](NC(=O)c2c(C(C)C)noc2C)[C@H]1O. The minimum absolute atomic E-state index is 0.103. The van der Waals surface area contributed by atoms with E-state index in [9.17, 15) is 9.90 Å². The summed E-state index contributed by atoms with van der Waals surface area (Å²) in [5.41, 5.74) is 1.13. The van der Waals surface area contributed by atoms with Crippen LogP contribution in [0, 0.1) is 6.92 Å². The van der Waals surface area contributed by atoms with Crippen LogP contribution in [0.25, 0.3) is 0 Å². The van der Waals surface area contributed by atoms with E-state index in [2.05, 4.69) is 10.5 Å². The Morgan fingerprint density at radius 2 is 2.19 bits per heavy atom. The van der Waals surface area contributed by atoms with Crippen LogP contribution in [0.4, 0.5) is 0 Å². The van der Waals surface area contributed by atoms with Gasteiger partial charge < -0.3 is 19.7 Å². The Morgan fingerprint density at radius 1 is 1.48 bits per heavy atom. The molecule has 1 aliphatic rings. The van der Waals surface area contributed by atoms with E-state index in [0.29, 0.717) is 17.0 Å². The van der Waals surface area contributed by atoms with Crippen molar-refractivity contribution in [2.45, 2.75) is 64.2 Å². The molecule has 1 heterocycles. The lowest BCUT2D eigenvalue weighted by Gasteiger charge is -2.34. The van der Waals surface area contributed by atoms with E-state index >= 15 is 0 Å². The van der Waals surface area contributed by atoms with E-state index in [4.69, 9.17) is 9.26 Å². The van der Waals surface area contributed by atoms with E-state index in [0.717, 1.165) is 19.3 Å². The molecule has 2 N–H and O–H groups in total. The quantitative estimate of drug-likeness (QED) is 0.884. The molecule has 0 aromatic carbocycles. The number of nitrogens with one attached hydrogen (secondary N) is 1. The maximum atomic E-state index is 12.5. The molecule has 21 heavy (non-hydrogen) atoms. The molecule has 1 fully saturated rings. The van der Waals surface area contributed by atoms with Crippen LogP contribution in [0.1, 0.15) is 60.8 Å². The van der Waals surface area contributed by atoms with E-state index in [1.165, 1.54) is 0 Å². The Labute approximate surface area is 124 Å². The third kappa shape index (κ3) is 3.27. The summed E-state index contributed by atoms with van der Waals surface area (Å²) in [6.07, 6.45) is 1.56. The molecule has 2 rings (SSSR count). The van der Waals surface area contributed by atoms with Crippen LogP contribution in [0.2, 0.25) is 0 Å². The van der Waals surface area contributed by atoms with Crippen molar-refractivity contribution < 1.29 is 19.2 Å². The average molecular weight is 296 g/mol. The number of ether oxygens (including phenoxy) is 1. The number of aromatic nitrogens is 1. The highest BCUT2D eigenvalue weighted by molar-refractivity contribution is 5.96. The minimum Gasteiger partial charge on any atom is -0.388 e. The van der Waals surface area contributed by atoms with E-state index < -0.39 is 6.10 Å². The molecule has 6 nitrogen and oxygen atoms in total. The van der Waals surface area contributed by atoms with E-state index in [-0.39, 0.29) is 24.0 Å². The molecule has 0 spiro atoms. The molecule has 1 aromatic rings. The lowest BCUT2D eigenvalue weighted by Crippen LogP contribution is -2.51. The third-order valence-corrected chi connectivity index (χ3v) is 4.08. The number of aryl methyl sites for hydroxylation is 1. The number of hydrogen-bond donors (Lipinski definition) is 2. The third-order valence-electron chi connectivity index (χ3n) is 4.08. The number of amides is 1. The van der Waals surface area contributed by atoms with Crippen LogP contribution >= 0.6 is 0 Å². The predicted molar refractivity (Wildman–Crippen MR) is 77.2 cm³/mol. The van der Waals surface area contributed by atoms with Gasteiger partial charge in [-0.1, -0.05) is 19.0 Å². The fraction of sp³-hybridized carbons (Fsp3) is 0.733. The van der Waals surface area contributed by atoms with Crippen LogP contribution in [0.5, 0.6) is 0 Å². The zero-order valence-electron chi connectivity index (χ0n) is 13.0. The maximum Gasteiger partial charge on any atom is 0.257 e. The van der Waals surface area contributed by atoms with Gasteiger partial charge in [0.15, 0.2) is 0 Å². The lowest BCUT2D eigenvalue weighted by molar-refractivity contribution is -0.0513. The van der Waals surface area contributed by atoms with Crippen LogP contribution in [0.3, 0.4) is 0 Å². The molecule has 0 aliphatic heterocycles. The first-order valence-electron chi connectivity index (χ1n) is 7.43. The number of nitrogens with zero attached hydrogens (tertiary/aromatic N) is 1. The predicted octanol–water partition coefficient (Wildman–Crippen LogP) is 1.76. The van der Waals surface area contributed by atoms with Crippen molar-refractivity contribution in [3.8, 4) is 0 Å². The first-order chi connectivity index (χ1) is 9.95. The average Bonchev–Trinajstić information content (AvgIpc) is 2.83. The second kappa shape index (κ2) is 6.58. The highest BCUT2D eigenvalue weighted by atomic mass is 16.5. The molecular formula is C15H24N2O4. The van der Waals surface area contributed by atoms with Crippen molar-refractivity contribution in [2.75, 3.05) is 7.11 Å². The summed E-state index contributed by atoms with van der Waals surface area (Å²) in [7, 11) is 1.58. The van der Waals surface area contributed by atoms with Crippen LogP contribution in [-0.2, 0) is 4.74 Å². The maximum absolute atomic E-state index is 12.5. The summed E-state index contributed by atoms with van der Waals surface area (Å²) in [6, 6.07) is -0.300. The smallest absolute Gasteiger partial charge is 0.257 e. The topological polar surface area (TPSA) is 84.6 Å². The highest BCUT2D eigenvalue weighted by Gasteiger charge is 2.34. The number of aliphatic hydroxyl groups excluding tert-OH is 1. The van der Waals surface area contributed by atoms with Crippen molar-refractivity contribution >= 4 is 5.91 Å². The molecule has 118 valence electrons. The number of hydrogen-bond acceptors (Lipinski definition) is 5. The minimum atomic E-state index is -0.685. The Morgan fingerprint density at radius 3 is 2.81 bits per heavy atom. The Bertz CT molecular complexity index is 498. The summed E-state index contributed by atoms with van der Waals surface area (Å²) in [4.78, 5) is 12.5. The van der Waals surface area contributed by atoms with Crippen LogP contribution < -0.4 is 5.32 Å². The molecule has 0 bridgehead atoms. The van der Waals surface area contributed by atoms with Gasteiger partial charge in [0.1, 0.15) is 17.4 Å². The second-order valence-electron chi connectivity index (χ2n) is 5.93. The standard InChI is InChI=1S/C15H24N2O4/c1-8(2)13-12(9(3)21-17-13)15(19)16-10-6-5-7-11(20-4)14(10)18/h8,10-11,14,18H,5-7H2,1-4H3,(H,16,19)/t10-,11-,14-/m1/s1. The fourth-order valence-electron chi connectivity index (χ4n) is 2.85. The highest BCUT2D eigenvalue weighted by Crippen LogP contribution is 2.24.